The lowest BCUT2D eigenvalue weighted by Gasteiger charge is -2.13. The van der Waals surface area contributed by atoms with Crippen LogP contribution in [-0.4, -0.2) is 9.78 Å². The monoisotopic (exact) mass is 351 g/mol. The second kappa shape index (κ2) is 6.28. The van der Waals surface area contributed by atoms with E-state index < -0.39 is 0 Å². The molecule has 1 saturated carbocycles. The molecule has 1 aliphatic carbocycles. The van der Waals surface area contributed by atoms with Crippen LogP contribution in [0.15, 0.2) is 34.9 Å². The van der Waals surface area contributed by atoms with Crippen molar-refractivity contribution in [2.24, 2.45) is 5.73 Å². The van der Waals surface area contributed by atoms with Gasteiger partial charge in [0.05, 0.1) is 16.2 Å². The number of halogens is 2. The molecule has 0 spiro atoms. The van der Waals surface area contributed by atoms with Crippen LogP contribution in [0.5, 0.6) is 0 Å². The SMILES string of the molecule is NC(Cc1ccn(C2CCCC2)n1)c1cccc(F)c1Br. The van der Waals surface area contributed by atoms with Crippen LogP contribution in [0.2, 0.25) is 0 Å². The molecule has 1 heterocycles. The average Bonchev–Trinajstić information content (AvgIpc) is 3.12. The first-order valence-corrected chi connectivity index (χ1v) is 8.18. The van der Waals surface area contributed by atoms with E-state index in [4.69, 9.17) is 5.73 Å². The van der Waals surface area contributed by atoms with Gasteiger partial charge in [0.2, 0.25) is 0 Å². The van der Waals surface area contributed by atoms with Gasteiger partial charge >= 0.3 is 0 Å². The molecular weight excluding hydrogens is 333 g/mol. The van der Waals surface area contributed by atoms with Gasteiger partial charge in [-0.2, -0.15) is 5.10 Å². The van der Waals surface area contributed by atoms with Crippen LogP contribution in [0, 0.1) is 5.82 Å². The first-order chi connectivity index (χ1) is 10.1. The van der Waals surface area contributed by atoms with E-state index in [2.05, 4.69) is 25.7 Å². The number of rotatable bonds is 4. The number of nitrogens with two attached hydrogens (primary N) is 1. The lowest BCUT2D eigenvalue weighted by molar-refractivity contribution is 0.461. The normalized spacial score (nSPS) is 17.3. The second-order valence-corrected chi connectivity index (χ2v) is 6.47. The summed E-state index contributed by atoms with van der Waals surface area (Å²) < 4.78 is 16.1. The number of benzene rings is 1. The molecule has 1 aromatic heterocycles. The maximum atomic E-state index is 13.6. The molecule has 0 amide bonds. The third-order valence-electron chi connectivity index (χ3n) is 4.17. The summed E-state index contributed by atoms with van der Waals surface area (Å²) in [5, 5.41) is 4.64. The van der Waals surface area contributed by atoms with Gasteiger partial charge in [0.25, 0.3) is 0 Å². The van der Waals surface area contributed by atoms with Crippen LogP contribution in [0.3, 0.4) is 0 Å². The Balaban J connectivity index is 1.72. The average molecular weight is 352 g/mol. The van der Waals surface area contributed by atoms with Gasteiger partial charge < -0.3 is 5.73 Å². The fourth-order valence-corrected chi connectivity index (χ4v) is 3.56. The molecule has 3 nitrogen and oxygen atoms in total. The van der Waals surface area contributed by atoms with Gasteiger partial charge in [-0.15, -0.1) is 0 Å². The zero-order valence-electron chi connectivity index (χ0n) is 11.8. The van der Waals surface area contributed by atoms with Crippen LogP contribution in [0.4, 0.5) is 4.39 Å². The quantitative estimate of drug-likeness (QED) is 0.899. The minimum Gasteiger partial charge on any atom is -0.324 e. The molecule has 21 heavy (non-hydrogen) atoms. The standard InChI is InChI=1S/C16H19BrFN3/c17-16-13(6-3-7-14(16)18)15(19)10-11-8-9-21(20-11)12-4-1-2-5-12/h3,6-9,12,15H,1-2,4-5,10,19H2. The van der Waals surface area contributed by atoms with Crippen molar-refractivity contribution in [1.82, 2.24) is 9.78 Å². The molecule has 1 fully saturated rings. The molecule has 3 rings (SSSR count). The van der Waals surface area contributed by atoms with Crippen LogP contribution < -0.4 is 5.73 Å². The van der Waals surface area contributed by atoms with Gasteiger partial charge in [0, 0.05) is 18.7 Å². The lowest BCUT2D eigenvalue weighted by atomic mass is 10.0. The molecule has 112 valence electrons. The minimum atomic E-state index is -0.278. The molecule has 1 aromatic carbocycles. The zero-order chi connectivity index (χ0) is 14.8. The van der Waals surface area contributed by atoms with Crippen LogP contribution in [0.25, 0.3) is 0 Å². The van der Waals surface area contributed by atoms with Gasteiger partial charge in [0.15, 0.2) is 0 Å². The van der Waals surface area contributed by atoms with E-state index >= 15 is 0 Å². The van der Waals surface area contributed by atoms with E-state index in [1.165, 1.54) is 31.7 Å². The highest BCUT2D eigenvalue weighted by Gasteiger charge is 2.19. The Kier molecular flexibility index (Phi) is 4.40. The zero-order valence-corrected chi connectivity index (χ0v) is 13.4. The van der Waals surface area contributed by atoms with Crippen LogP contribution >= 0.6 is 15.9 Å². The Hall–Kier alpha value is -1.20. The van der Waals surface area contributed by atoms with Crippen molar-refractivity contribution < 1.29 is 4.39 Å². The smallest absolute Gasteiger partial charge is 0.137 e. The van der Waals surface area contributed by atoms with Gasteiger partial charge in [0.1, 0.15) is 5.82 Å². The molecule has 1 unspecified atom stereocenters. The number of hydrogen-bond acceptors (Lipinski definition) is 2. The molecule has 0 bridgehead atoms. The Morgan fingerprint density at radius 1 is 1.33 bits per heavy atom. The number of hydrogen-bond donors (Lipinski definition) is 1. The Bertz CT molecular complexity index is 620. The summed E-state index contributed by atoms with van der Waals surface area (Å²) in [5.74, 6) is -0.278. The van der Waals surface area contributed by atoms with E-state index in [-0.39, 0.29) is 11.9 Å². The van der Waals surface area contributed by atoms with Crippen molar-refractivity contribution in [3.05, 3.63) is 52.0 Å². The largest absolute Gasteiger partial charge is 0.324 e. The molecule has 0 radical (unpaired) electrons. The highest BCUT2D eigenvalue weighted by molar-refractivity contribution is 9.10. The van der Waals surface area contributed by atoms with Gasteiger partial charge in [-0.3, -0.25) is 4.68 Å². The van der Waals surface area contributed by atoms with Crippen molar-refractivity contribution in [3.63, 3.8) is 0 Å². The van der Waals surface area contributed by atoms with E-state index in [1.54, 1.807) is 6.07 Å². The molecular formula is C16H19BrFN3. The third kappa shape index (κ3) is 3.19. The summed E-state index contributed by atoms with van der Waals surface area (Å²) in [6.45, 7) is 0. The van der Waals surface area contributed by atoms with E-state index in [0.717, 1.165) is 11.3 Å². The van der Waals surface area contributed by atoms with Gasteiger partial charge in [-0.05, 0) is 46.5 Å². The summed E-state index contributed by atoms with van der Waals surface area (Å²) >= 11 is 3.27. The molecule has 1 aliphatic rings. The van der Waals surface area contributed by atoms with Crippen LogP contribution in [-0.2, 0) is 6.42 Å². The van der Waals surface area contributed by atoms with Gasteiger partial charge in [-0.25, -0.2) is 4.39 Å². The fourth-order valence-electron chi connectivity index (χ4n) is 3.00. The van der Waals surface area contributed by atoms with Crippen molar-refractivity contribution in [2.45, 2.75) is 44.2 Å². The van der Waals surface area contributed by atoms with Gasteiger partial charge in [-0.1, -0.05) is 25.0 Å². The van der Waals surface area contributed by atoms with Crippen molar-refractivity contribution >= 4 is 15.9 Å². The van der Waals surface area contributed by atoms with Crippen molar-refractivity contribution in [1.29, 1.82) is 0 Å². The third-order valence-corrected chi connectivity index (χ3v) is 5.01. The first-order valence-electron chi connectivity index (χ1n) is 7.38. The maximum absolute atomic E-state index is 13.6. The predicted molar refractivity (Wildman–Crippen MR) is 84.5 cm³/mol. The molecule has 0 aliphatic heterocycles. The minimum absolute atomic E-state index is 0.262. The molecule has 2 N–H and O–H groups in total. The highest BCUT2D eigenvalue weighted by Crippen LogP contribution is 2.30. The molecule has 1 atom stereocenters. The summed E-state index contributed by atoms with van der Waals surface area (Å²) in [7, 11) is 0. The fraction of sp³-hybridized carbons (Fsp3) is 0.438. The highest BCUT2D eigenvalue weighted by atomic mass is 79.9. The first kappa shape index (κ1) is 14.7. The van der Waals surface area contributed by atoms with E-state index in [1.807, 2.05) is 18.3 Å². The Morgan fingerprint density at radius 3 is 2.86 bits per heavy atom. The van der Waals surface area contributed by atoms with E-state index in [9.17, 15) is 4.39 Å². The molecule has 5 heteroatoms. The van der Waals surface area contributed by atoms with Crippen molar-refractivity contribution in [2.75, 3.05) is 0 Å². The van der Waals surface area contributed by atoms with Crippen LogP contribution in [0.1, 0.15) is 49.0 Å². The summed E-state index contributed by atoms with van der Waals surface area (Å²) in [4.78, 5) is 0. The predicted octanol–water partition coefficient (Wildman–Crippen LogP) is 4.14. The second-order valence-electron chi connectivity index (χ2n) is 5.68. The van der Waals surface area contributed by atoms with E-state index in [0.29, 0.717) is 16.9 Å². The summed E-state index contributed by atoms with van der Waals surface area (Å²) in [5.41, 5.74) is 7.96. The molecule has 0 saturated heterocycles. The topological polar surface area (TPSA) is 43.8 Å². The number of aromatic nitrogens is 2. The maximum Gasteiger partial charge on any atom is 0.137 e. The Morgan fingerprint density at radius 2 is 2.10 bits per heavy atom. The lowest BCUT2D eigenvalue weighted by Crippen LogP contribution is -2.15. The number of nitrogens with zero attached hydrogens (tertiary/aromatic N) is 2. The molecule has 2 aromatic rings. The summed E-state index contributed by atoms with van der Waals surface area (Å²) in [6.07, 6.45) is 7.65. The Labute approximate surface area is 132 Å². The summed E-state index contributed by atoms with van der Waals surface area (Å²) in [6, 6.07) is 7.26. The van der Waals surface area contributed by atoms with Crippen molar-refractivity contribution in [3.8, 4) is 0 Å².